The van der Waals surface area contributed by atoms with Gasteiger partial charge in [0.25, 0.3) is 0 Å². The fourth-order valence-electron chi connectivity index (χ4n) is 1.38. The first-order chi connectivity index (χ1) is 7.20. The molecule has 1 unspecified atom stereocenters. The molecule has 0 radical (unpaired) electrons. The summed E-state index contributed by atoms with van der Waals surface area (Å²) in [6, 6.07) is 7.60. The first-order valence-corrected chi connectivity index (χ1v) is 5.23. The summed E-state index contributed by atoms with van der Waals surface area (Å²) in [6.07, 6.45) is 0. The van der Waals surface area contributed by atoms with Crippen LogP contribution < -0.4 is 5.84 Å². The van der Waals surface area contributed by atoms with Gasteiger partial charge in [-0.05, 0) is 25.5 Å². The second kappa shape index (κ2) is 5.61. The average molecular weight is 227 g/mol. The van der Waals surface area contributed by atoms with E-state index >= 15 is 0 Å². The second-order valence-electron chi connectivity index (χ2n) is 3.14. The minimum absolute atomic E-state index is 0.0244. The lowest BCUT2D eigenvalue weighted by molar-refractivity contribution is 0.311. The molecule has 1 atom stereocenters. The third kappa shape index (κ3) is 2.86. The summed E-state index contributed by atoms with van der Waals surface area (Å²) in [4.78, 5) is 0. The van der Waals surface area contributed by atoms with Gasteiger partial charge in [-0.1, -0.05) is 29.8 Å². The van der Waals surface area contributed by atoms with Crippen LogP contribution in [0.4, 0.5) is 0 Å². The van der Waals surface area contributed by atoms with E-state index in [0.29, 0.717) is 17.5 Å². The molecule has 1 aromatic carbocycles. The van der Waals surface area contributed by atoms with Gasteiger partial charge < -0.3 is 10.6 Å². The highest BCUT2D eigenvalue weighted by molar-refractivity contribution is 6.31. The van der Waals surface area contributed by atoms with Gasteiger partial charge in [-0.25, -0.2) is 0 Å². The van der Waals surface area contributed by atoms with Crippen LogP contribution >= 0.6 is 11.6 Å². The van der Waals surface area contributed by atoms with Gasteiger partial charge in [-0.3, -0.25) is 0 Å². The van der Waals surface area contributed by atoms with Crippen LogP contribution in [0.15, 0.2) is 29.4 Å². The molecule has 0 aliphatic heterocycles. The summed E-state index contributed by atoms with van der Waals surface area (Å²) in [6.45, 7) is 4.40. The molecule has 0 heterocycles. The number of hydrogen-bond acceptors (Lipinski definition) is 3. The highest BCUT2D eigenvalue weighted by atomic mass is 35.5. The Bertz CT molecular complexity index is 352. The first-order valence-electron chi connectivity index (χ1n) is 4.85. The van der Waals surface area contributed by atoms with E-state index in [1.807, 2.05) is 38.1 Å². The Balaban J connectivity index is 2.93. The van der Waals surface area contributed by atoms with Crippen molar-refractivity contribution in [3.8, 4) is 0 Å². The highest BCUT2D eigenvalue weighted by Gasteiger charge is 2.16. The average Bonchev–Trinajstić information content (AvgIpc) is 2.25. The van der Waals surface area contributed by atoms with Crippen molar-refractivity contribution in [3.63, 3.8) is 0 Å². The number of nitrogens with zero attached hydrogens (tertiary/aromatic N) is 1. The summed E-state index contributed by atoms with van der Waals surface area (Å²) < 4.78 is 5.33. The van der Waals surface area contributed by atoms with Gasteiger partial charge in [0.15, 0.2) is 0 Å². The van der Waals surface area contributed by atoms with E-state index in [4.69, 9.17) is 22.2 Å². The Morgan fingerprint density at radius 2 is 2.20 bits per heavy atom. The Labute approximate surface area is 94.9 Å². The maximum absolute atomic E-state index is 6.07. The lowest BCUT2D eigenvalue weighted by Gasteiger charge is -2.15. The molecule has 0 saturated heterocycles. The SMILES string of the molecule is CCO/C(=N/N)C(C)c1ccccc1Cl. The lowest BCUT2D eigenvalue weighted by Crippen LogP contribution is -2.16. The quantitative estimate of drug-likeness (QED) is 0.373. The molecule has 3 nitrogen and oxygen atoms in total. The number of hydrazone groups is 1. The molecule has 82 valence electrons. The van der Waals surface area contributed by atoms with Gasteiger partial charge in [-0.2, -0.15) is 0 Å². The van der Waals surface area contributed by atoms with Crippen LogP contribution in [0.1, 0.15) is 25.3 Å². The van der Waals surface area contributed by atoms with Crippen LogP contribution in [0.5, 0.6) is 0 Å². The molecule has 1 aromatic rings. The molecule has 0 amide bonds. The fraction of sp³-hybridized carbons (Fsp3) is 0.364. The second-order valence-corrected chi connectivity index (χ2v) is 3.55. The van der Waals surface area contributed by atoms with E-state index in [0.717, 1.165) is 5.56 Å². The Morgan fingerprint density at radius 1 is 1.53 bits per heavy atom. The number of nitrogens with two attached hydrogens (primary N) is 1. The van der Waals surface area contributed by atoms with E-state index in [9.17, 15) is 0 Å². The zero-order chi connectivity index (χ0) is 11.3. The van der Waals surface area contributed by atoms with Gasteiger partial charge >= 0.3 is 0 Å². The largest absolute Gasteiger partial charge is 0.480 e. The van der Waals surface area contributed by atoms with Crippen molar-refractivity contribution in [2.24, 2.45) is 10.9 Å². The van der Waals surface area contributed by atoms with Gasteiger partial charge in [0.05, 0.1) is 12.5 Å². The maximum Gasteiger partial charge on any atom is 0.212 e. The number of rotatable bonds is 3. The van der Waals surface area contributed by atoms with Crippen LogP contribution in [0.25, 0.3) is 0 Å². The summed E-state index contributed by atoms with van der Waals surface area (Å²) in [5.74, 6) is 5.75. The van der Waals surface area contributed by atoms with E-state index in [1.165, 1.54) is 0 Å². The molecule has 0 saturated carbocycles. The van der Waals surface area contributed by atoms with Crippen molar-refractivity contribution in [3.05, 3.63) is 34.9 Å². The van der Waals surface area contributed by atoms with Crippen LogP contribution in [-0.4, -0.2) is 12.5 Å². The lowest BCUT2D eigenvalue weighted by atomic mass is 10.0. The van der Waals surface area contributed by atoms with E-state index in [1.54, 1.807) is 0 Å². The third-order valence-corrected chi connectivity index (χ3v) is 2.51. The van der Waals surface area contributed by atoms with Crippen LogP contribution in [-0.2, 0) is 4.74 Å². The van der Waals surface area contributed by atoms with Gasteiger partial charge in [-0.15, -0.1) is 5.10 Å². The molecule has 0 aliphatic rings. The Kier molecular flexibility index (Phi) is 4.43. The Hall–Kier alpha value is -1.22. The molecule has 0 fully saturated rings. The summed E-state index contributed by atoms with van der Waals surface area (Å²) in [7, 11) is 0. The fourth-order valence-corrected chi connectivity index (χ4v) is 1.68. The number of benzene rings is 1. The summed E-state index contributed by atoms with van der Waals surface area (Å²) >= 11 is 6.07. The molecule has 4 heteroatoms. The zero-order valence-corrected chi connectivity index (χ0v) is 9.66. The molecule has 2 N–H and O–H groups in total. The van der Waals surface area contributed by atoms with Gasteiger partial charge in [0.1, 0.15) is 0 Å². The van der Waals surface area contributed by atoms with Crippen molar-refractivity contribution in [1.82, 2.24) is 0 Å². The van der Waals surface area contributed by atoms with E-state index in [-0.39, 0.29) is 5.92 Å². The van der Waals surface area contributed by atoms with Crippen LogP contribution in [0.2, 0.25) is 5.02 Å². The third-order valence-electron chi connectivity index (χ3n) is 2.16. The standard InChI is InChI=1S/C11H15ClN2O/c1-3-15-11(14-13)8(2)9-6-4-5-7-10(9)12/h4-8H,3,13H2,1-2H3/b14-11+. The van der Waals surface area contributed by atoms with Gasteiger partial charge in [0.2, 0.25) is 5.90 Å². The minimum atomic E-state index is -0.0244. The normalized spacial score (nSPS) is 13.7. The topological polar surface area (TPSA) is 47.6 Å². The van der Waals surface area contributed by atoms with Gasteiger partial charge in [0, 0.05) is 5.02 Å². The zero-order valence-electron chi connectivity index (χ0n) is 8.90. The molecule has 15 heavy (non-hydrogen) atoms. The number of ether oxygens (including phenoxy) is 1. The molecular formula is C11H15ClN2O. The molecular weight excluding hydrogens is 212 g/mol. The smallest absolute Gasteiger partial charge is 0.212 e. The van der Waals surface area contributed by atoms with Crippen molar-refractivity contribution in [2.45, 2.75) is 19.8 Å². The van der Waals surface area contributed by atoms with Crippen LogP contribution in [0.3, 0.4) is 0 Å². The maximum atomic E-state index is 6.07. The molecule has 0 bridgehead atoms. The monoisotopic (exact) mass is 226 g/mol. The number of hydrogen-bond donors (Lipinski definition) is 1. The molecule has 0 aliphatic carbocycles. The minimum Gasteiger partial charge on any atom is -0.480 e. The number of halogens is 1. The summed E-state index contributed by atoms with van der Waals surface area (Å²) in [5.41, 5.74) is 0.969. The highest BCUT2D eigenvalue weighted by Crippen LogP contribution is 2.25. The van der Waals surface area contributed by atoms with E-state index < -0.39 is 0 Å². The summed E-state index contributed by atoms with van der Waals surface area (Å²) in [5, 5.41) is 4.33. The van der Waals surface area contributed by atoms with E-state index in [2.05, 4.69) is 5.10 Å². The van der Waals surface area contributed by atoms with Crippen molar-refractivity contribution >= 4 is 17.5 Å². The van der Waals surface area contributed by atoms with Crippen molar-refractivity contribution < 1.29 is 4.74 Å². The van der Waals surface area contributed by atoms with Crippen molar-refractivity contribution in [2.75, 3.05) is 6.61 Å². The molecule has 1 rings (SSSR count). The predicted molar refractivity (Wildman–Crippen MR) is 63.1 cm³/mol. The Morgan fingerprint density at radius 3 is 2.73 bits per heavy atom. The predicted octanol–water partition coefficient (Wildman–Crippen LogP) is 2.75. The van der Waals surface area contributed by atoms with Crippen LogP contribution in [0, 0.1) is 0 Å². The van der Waals surface area contributed by atoms with Crippen molar-refractivity contribution in [1.29, 1.82) is 0 Å². The molecule has 0 aromatic heterocycles. The molecule has 0 spiro atoms. The first kappa shape index (κ1) is 11.9.